The molecule has 1 rings (SSSR count). The lowest BCUT2D eigenvalue weighted by molar-refractivity contribution is 0.0909. The van der Waals surface area contributed by atoms with Gasteiger partial charge in [0.05, 0.1) is 13.2 Å². The molecule has 0 aliphatic carbocycles. The minimum atomic E-state index is -0.0729. The van der Waals surface area contributed by atoms with Crippen LogP contribution >= 0.6 is 0 Å². The van der Waals surface area contributed by atoms with E-state index < -0.39 is 0 Å². The van der Waals surface area contributed by atoms with Gasteiger partial charge in [-0.2, -0.15) is 0 Å². The number of hydrogen-bond acceptors (Lipinski definition) is 3. The van der Waals surface area contributed by atoms with Crippen LogP contribution in [-0.2, 0) is 13.9 Å². The first-order valence-electron chi connectivity index (χ1n) is 5.18. The van der Waals surface area contributed by atoms with Crippen molar-refractivity contribution >= 4 is 10.5 Å². The molecule has 0 N–H and O–H groups in total. The first-order valence-corrected chi connectivity index (χ1v) is 5.59. The van der Waals surface area contributed by atoms with Crippen LogP contribution in [0.25, 0.3) is 0 Å². The fourth-order valence-electron chi connectivity index (χ4n) is 1.18. The average Bonchev–Trinajstić information content (AvgIpc) is 2.95. The Bertz CT molecular complexity index is 157. The SMILES string of the molecule is CC(C)(CCCCOCC1CO1)O[Si]. The molecule has 3 nitrogen and oxygen atoms in total. The van der Waals surface area contributed by atoms with Crippen molar-refractivity contribution in [3.63, 3.8) is 0 Å². The van der Waals surface area contributed by atoms with E-state index in [1.807, 2.05) is 0 Å². The summed E-state index contributed by atoms with van der Waals surface area (Å²) in [6, 6.07) is 0. The smallest absolute Gasteiger partial charge is 0.246 e. The van der Waals surface area contributed by atoms with Gasteiger partial charge in [-0.25, -0.2) is 0 Å². The number of epoxide rings is 1. The molecule has 0 saturated carbocycles. The standard InChI is InChI=1S/C10H19O3Si/c1-10(2,13-14)5-3-4-6-11-7-9-8-12-9/h9H,3-8H2,1-2H3. The molecule has 0 aromatic rings. The Kier molecular flexibility index (Phi) is 5.09. The van der Waals surface area contributed by atoms with Crippen molar-refractivity contribution in [1.29, 1.82) is 0 Å². The predicted octanol–water partition coefficient (Wildman–Crippen LogP) is 1.45. The molecule has 0 bridgehead atoms. The molecule has 0 aromatic heterocycles. The van der Waals surface area contributed by atoms with Gasteiger partial charge < -0.3 is 13.9 Å². The molecule has 0 aromatic carbocycles. The Labute approximate surface area is 89.7 Å². The Hall–Kier alpha value is 0.0969. The van der Waals surface area contributed by atoms with Gasteiger partial charge in [-0.1, -0.05) is 0 Å². The fourth-order valence-corrected chi connectivity index (χ4v) is 1.29. The highest BCUT2D eigenvalue weighted by Crippen LogP contribution is 2.16. The molecule has 1 unspecified atom stereocenters. The molecule has 1 aliphatic heterocycles. The van der Waals surface area contributed by atoms with Gasteiger partial charge in [-0.05, 0) is 33.1 Å². The van der Waals surface area contributed by atoms with E-state index in [0.717, 1.165) is 39.1 Å². The maximum atomic E-state index is 5.43. The highest BCUT2D eigenvalue weighted by Gasteiger charge is 2.22. The lowest BCUT2D eigenvalue weighted by atomic mass is 10.0. The van der Waals surface area contributed by atoms with Crippen molar-refractivity contribution in [2.24, 2.45) is 0 Å². The fraction of sp³-hybridized carbons (Fsp3) is 1.00. The summed E-state index contributed by atoms with van der Waals surface area (Å²) in [5, 5.41) is 0. The summed E-state index contributed by atoms with van der Waals surface area (Å²) in [6.45, 7) is 6.61. The molecule has 1 heterocycles. The maximum absolute atomic E-state index is 5.43. The van der Waals surface area contributed by atoms with E-state index in [1.165, 1.54) is 0 Å². The van der Waals surface area contributed by atoms with Crippen molar-refractivity contribution in [2.75, 3.05) is 19.8 Å². The van der Waals surface area contributed by atoms with Crippen molar-refractivity contribution in [3.05, 3.63) is 0 Å². The molecule has 1 atom stereocenters. The van der Waals surface area contributed by atoms with Gasteiger partial charge in [-0.15, -0.1) is 0 Å². The average molecular weight is 215 g/mol. The predicted molar refractivity (Wildman–Crippen MR) is 55.3 cm³/mol. The van der Waals surface area contributed by atoms with Gasteiger partial charge in [0.2, 0.25) is 10.5 Å². The first kappa shape index (κ1) is 12.2. The molecule has 81 valence electrons. The summed E-state index contributed by atoms with van der Waals surface area (Å²) in [5.41, 5.74) is -0.0729. The van der Waals surface area contributed by atoms with Gasteiger partial charge >= 0.3 is 0 Å². The third kappa shape index (κ3) is 5.75. The van der Waals surface area contributed by atoms with Crippen molar-refractivity contribution in [2.45, 2.75) is 44.8 Å². The second-order valence-electron chi connectivity index (χ2n) is 4.35. The Balaban J connectivity index is 1.83. The van der Waals surface area contributed by atoms with E-state index in [1.54, 1.807) is 0 Å². The van der Waals surface area contributed by atoms with Crippen molar-refractivity contribution in [1.82, 2.24) is 0 Å². The van der Waals surface area contributed by atoms with Crippen LogP contribution in [0.15, 0.2) is 0 Å². The van der Waals surface area contributed by atoms with Crippen LogP contribution in [0.4, 0.5) is 0 Å². The van der Waals surface area contributed by atoms with Crippen molar-refractivity contribution < 1.29 is 13.9 Å². The molecular formula is C10H19O3Si. The van der Waals surface area contributed by atoms with Gasteiger partial charge in [-0.3, -0.25) is 0 Å². The molecule has 0 amide bonds. The van der Waals surface area contributed by atoms with E-state index in [0.29, 0.717) is 6.10 Å². The van der Waals surface area contributed by atoms with Crippen LogP contribution in [-0.4, -0.2) is 42.0 Å². The second kappa shape index (κ2) is 5.85. The Morgan fingerprint density at radius 2 is 2.14 bits per heavy atom. The van der Waals surface area contributed by atoms with Gasteiger partial charge in [0.15, 0.2) is 0 Å². The third-order valence-corrected chi connectivity index (χ3v) is 2.85. The van der Waals surface area contributed by atoms with Crippen LogP contribution in [0, 0.1) is 0 Å². The zero-order valence-electron chi connectivity index (χ0n) is 9.04. The molecule has 3 radical (unpaired) electrons. The van der Waals surface area contributed by atoms with E-state index in [9.17, 15) is 0 Å². The summed E-state index contributed by atoms with van der Waals surface area (Å²) in [7, 11) is 3.08. The lowest BCUT2D eigenvalue weighted by Gasteiger charge is -2.22. The van der Waals surface area contributed by atoms with Gasteiger partial charge in [0.1, 0.15) is 6.10 Å². The van der Waals surface area contributed by atoms with Crippen LogP contribution < -0.4 is 0 Å². The summed E-state index contributed by atoms with van der Waals surface area (Å²) >= 11 is 0. The molecule has 0 spiro atoms. The summed E-state index contributed by atoms with van der Waals surface area (Å²) in [6.07, 6.45) is 3.64. The maximum Gasteiger partial charge on any atom is 0.246 e. The zero-order valence-corrected chi connectivity index (χ0v) is 10.0. The molecule has 1 fully saturated rings. The summed E-state index contributed by atoms with van der Waals surface area (Å²) in [5.74, 6) is 0. The van der Waals surface area contributed by atoms with Crippen LogP contribution in [0.2, 0.25) is 0 Å². The molecule has 4 heteroatoms. The second-order valence-corrected chi connectivity index (χ2v) is 4.55. The minimum absolute atomic E-state index is 0.0729. The topological polar surface area (TPSA) is 31.0 Å². The lowest BCUT2D eigenvalue weighted by Crippen LogP contribution is -2.22. The van der Waals surface area contributed by atoms with Crippen molar-refractivity contribution in [3.8, 4) is 0 Å². The van der Waals surface area contributed by atoms with Crippen LogP contribution in [0.5, 0.6) is 0 Å². The molecule has 1 aliphatic rings. The summed E-state index contributed by atoms with van der Waals surface area (Å²) < 4.78 is 15.6. The first-order chi connectivity index (χ1) is 6.64. The quantitative estimate of drug-likeness (QED) is 0.349. The molecule has 1 saturated heterocycles. The van der Waals surface area contributed by atoms with E-state index >= 15 is 0 Å². The third-order valence-electron chi connectivity index (χ3n) is 2.30. The number of hydrogen-bond donors (Lipinski definition) is 0. The highest BCUT2D eigenvalue weighted by atomic mass is 28.2. The minimum Gasteiger partial charge on any atom is -0.414 e. The molecule has 14 heavy (non-hydrogen) atoms. The Morgan fingerprint density at radius 1 is 1.43 bits per heavy atom. The monoisotopic (exact) mass is 215 g/mol. The normalized spacial score (nSPS) is 21.2. The summed E-state index contributed by atoms with van der Waals surface area (Å²) in [4.78, 5) is 0. The van der Waals surface area contributed by atoms with Crippen LogP contribution in [0.3, 0.4) is 0 Å². The largest absolute Gasteiger partial charge is 0.414 e. The van der Waals surface area contributed by atoms with Gasteiger partial charge in [0, 0.05) is 12.2 Å². The van der Waals surface area contributed by atoms with Crippen LogP contribution in [0.1, 0.15) is 33.1 Å². The number of unbranched alkanes of at least 4 members (excludes halogenated alkanes) is 1. The Morgan fingerprint density at radius 3 is 2.71 bits per heavy atom. The highest BCUT2D eigenvalue weighted by molar-refractivity contribution is 5.98. The zero-order chi connectivity index (χ0) is 10.4. The van der Waals surface area contributed by atoms with E-state index in [-0.39, 0.29) is 5.60 Å². The van der Waals surface area contributed by atoms with E-state index in [2.05, 4.69) is 24.3 Å². The number of rotatable bonds is 8. The molecular weight excluding hydrogens is 196 g/mol. The van der Waals surface area contributed by atoms with Gasteiger partial charge in [0.25, 0.3) is 0 Å². The van der Waals surface area contributed by atoms with E-state index in [4.69, 9.17) is 13.9 Å². The number of ether oxygens (including phenoxy) is 2.